The normalized spacial score (nSPS) is 10.8. The van der Waals surface area contributed by atoms with Crippen LogP contribution >= 0.6 is 27.5 Å². The summed E-state index contributed by atoms with van der Waals surface area (Å²) < 4.78 is 16.3. The minimum absolute atomic E-state index is 0.179. The lowest BCUT2D eigenvalue weighted by Crippen LogP contribution is -1.92. The van der Waals surface area contributed by atoms with E-state index in [-0.39, 0.29) is 5.88 Å². The monoisotopic (exact) mass is 368 g/mol. The third kappa shape index (κ3) is 2.41. The Balaban J connectivity index is 2.27. The van der Waals surface area contributed by atoms with Gasteiger partial charge in [0.1, 0.15) is 11.4 Å². The number of anilines is 1. The summed E-state index contributed by atoms with van der Waals surface area (Å²) >= 11 is 9.40. The SMILES string of the molecule is COc1ccc(Cl)cc1-c1c(-c2ccoc2Br)noc1N. The van der Waals surface area contributed by atoms with Crippen molar-refractivity contribution < 1.29 is 13.7 Å². The standard InChI is InChI=1S/C14H10BrClN2O3/c1-19-10-3-2-7(16)6-9(10)11-12(18-21-14(11)17)8-4-5-20-13(8)15/h2-6H,17H2,1H3. The van der Waals surface area contributed by atoms with Gasteiger partial charge in [0.15, 0.2) is 4.67 Å². The number of benzene rings is 1. The van der Waals surface area contributed by atoms with Crippen LogP contribution in [-0.4, -0.2) is 12.3 Å². The molecular formula is C14H10BrClN2O3. The molecule has 0 spiro atoms. The molecule has 0 aliphatic carbocycles. The second-order valence-corrected chi connectivity index (χ2v) is 5.38. The van der Waals surface area contributed by atoms with E-state index in [9.17, 15) is 0 Å². The van der Waals surface area contributed by atoms with Crippen molar-refractivity contribution in [3.8, 4) is 28.1 Å². The Morgan fingerprint density at radius 3 is 2.76 bits per heavy atom. The molecule has 21 heavy (non-hydrogen) atoms. The number of nitrogen functional groups attached to an aromatic ring is 1. The van der Waals surface area contributed by atoms with Crippen molar-refractivity contribution in [2.45, 2.75) is 0 Å². The summed E-state index contributed by atoms with van der Waals surface area (Å²) in [7, 11) is 1.57. The summed E-state index contributed by atoms with van der Waals surface area (Å²) in [6.45, 7) is 0. The van der Waals surface area contributed by atoms with E-state index in [0.717, 1.165) is 5.56 Å². The quantitative estimate of drug-likeness (QED) is 0.730. The fraction of sp³-hybridized carbons (Fsp3) is 0.0714. The number of methoxy groups -OCH3 is 1. The number of hydrogen-bond acceptors (Lipinski definition) is 5. The molecular weight excluding hydrogens is 360 g/mol. The predicted octanol–water partition coefficient (Wildman–Crippen LogP) is 4.61. The van der Waals surface area contributed by atoms with E-state index in [1.54, 1.807) is 37.6 Å². The van der Waals surface area contributed by atoms with Crippen LogP contribution in [0.5, 0.6) is 5.75 Å². The van der Waals surface area contributed by atoms with E-state index in [4.69, 9.17) is 31.0 Å². The molecule has 0 atom stereocenters. The van der Waals surface area contributed by atoms with Crippen LogP contribution in [0.25, 0.3) is 22.4 Å². The molecule has 7 heteroatoms. The van der Waals surface area contributed by atoms with Gasteiger partial charge in [-0.15, -0.1) is 0 Å². The maximum absolute atomic E-state index is 6.08. The first-order valence-electron chi connectivity index (χ1n) is 5.94. The Labute approximate surface area is 133 Å². The van der Waals surface area contributed by atoms with E-state index in [1.165, 1.54) is 0 Å². The molecule has 0 saturated heterocycles. The van der Waals surface area contributed by atoms with Crippen LogP contribution in [0.2, 0.25) is 5.02 Å². The number of furan rings is 1. The molecule has 0 unspecified atom stereocenters. The van der Waals surface area contributed by atoms with E-state index >= 15 is 0 Å². The zero-order valence-corrected chi connectivity index (χ0v) is 13.2. The molecule has 5 nitrogen and oxygen atoms in total. The molecule has 0 bridgehead atoms. The number of ether oxygens (including phenoxy) is 1. The Bertz CT molecular complexity index is 797. The number of aromatic nitrogens is 1. The topological polar surface area (TPSA) is 74.4 Å². The van der Waals surface area contributed by atoms with Crippen LogP contribution in [0.15, 0.2) is 44.1 Å². The van der Waals surface area contributed by atoms with Crippen LogP contribution < -0.4 is 10.5 Å². The van der Waals surface area contributed by atoms with Gasteiger partial charge in [-0.3, -0.25) is 0 Å². The van der Waals surface area contributed by atoms with Gasteiger partial charge in [-0.25, -0.2) is 0 Å². The third-order valence-electron chi connectivity index (χ3n) is 3.02. The first-order valence-corrected chi connectivity index (χ1v) is 7.11. The molecule has 2 N–H and O–H groups in total. The van der Waals surface area contributed by atoms with E-state index < -0.39 is 0 Å². The second-order valence-electron chi connectivity index (χ2n) is 4.22. The Kier molecular flexibility index (Phi) is 3.65. The van der Waals surface area contributed by atoms with Gasteiger partial charge >= 0.3 is 0 Å². The molecule has 2 heterocycles. The molecule has 0 fully saturated rings. The Morgan fingerprint density at radius 1 is 1.29 bits per heavy atom. The van der Waals surface area contributed by atoms with Crippen LogP contribution in [0.3, 0.4) is 0 Å². The van der Waals surface area contributed by atoms with Gasteiger partial charge in [0, 0.05) is 10.6 Å². The van der Waals surface area contributed by atoms with Crippen molar-refractivity contribution in [2.75, 3.05) is 12.8 Å². The average molecular weight is 370 g/mol. The van der Waals surface area contributed by atoms with Crippen LogP contribution in [0.1, 0.15) is 0 Å². The number of hydrogen-bond donors (Lipinski definition) is 1. The number of halogens is 2. The molecule has 0 saturated carbocycles. The van der Waals surface area contributed by atoms with Gasteiger partial charge in [0.25, 0.3) is 0 Å². The molecule has 1 aromatic carbocycles. The second kappa shape index (κ2) is 5.46. The molecule has 108 valence electrons. The first kappa shape index (κ1) is 14.0. The van der Waals surface area contributed by atoms with Gasteiger partial charge in [-0.1, -0.05) is 16.8 Å². The minimum atomic E-state index is 0.179. The summed E-state index contributed by atoms with van der Waals surface area (Å²) in [4.78, 5) is 0. The molecule has 3 aromatic rings. The number of rotatable bonds is 3. The predicted molar refractivity (Wildman–Crippen MR) is 83.3 cm³/mol. The van der Waals surface area contributed by atoms with Crippen molar-refractivity contribution >= 4 is 33.4 Å². The van der Waals surface area contributed by atoms with E-state index in [1.807, 2.05) is 0 Å². The summed E-state index contributed by atoms with van der Waals surface area (Å²) in [6.07, 6.45) is 1.54. The van der Waals surface area contributed by atoms with Gasteiger partial charge in [0.2, 0.25) is 5.88 Å². The van der Waals surface area contributed by atoms with E-state index in [2.05, 4.69) is 21.1 Å². The van der Waals surface area contributed by atoms with Crippen LogP contribution in [0, 0.1) is 0 Å². The number of nitrogens with zero attached hydrogens (tertiary/aromatic N) is 1. The highest BCUT2D eigenvalue weighted by molar-refractivity contribution is 9.10. The van der Waals surface area contributed by atoms with Gasteiger partial charge in [-0.2, -0.15) is 0 Å². The summed E-state index contributed by atoms with van der Waals surface area (Å²) in [5.41, 5.74) is 8.52. The van der Waals surface area contributed by atoms with Crippen LogP contribution in [-0.2, 0) is 0 Å². The lowest BCUT2D eigenvalue weighted by atomic mass is 10.0. The lowest BCUT2D eigenvalue weighted by Gasteiger charge is -2.09. The smallest absolute Gasteiger partial charge is 0.230 e. The highest BCUT2D eigenvalue weighted by atomic mass is 79.9. The van der Waals surface area contributed by atoms with Crippen molar-refractivity contribution in [1.82, 2.24) is 5.16 Å². The molecule has 0 aliphatic rings. The maximum atomic E-state index is 6.08. The molecule has 0 amide bonds. The van der Waals surface area contributed by atoms with Gasteiger partial charge in [-0.05, 0) is 40.2 Å². The zero-order chi connectivity index (χ0) is 15.0. The maximum Gasteiger partial charge on any atom is 0.230 e. The van der Waals surface area contributed by atoms with Gasteiger partial charge in [0.05, 0.1) is 24.5 Å². The van der Waals surface area contributed by atoms with Crippen LogP contribution in [0.4, 0.5) is 5.88 Å². The van der Waals surface area contributed by atoms with Crippen molar-refractivity contribution in [1.29, 1.82) is 0 Å². The summed E-state index contributed by atoms with van der Waals surface area (Å²) in [5.74, 6) is 0.800. The fourth-order valence-electron chi connectivity index (χ4n) is 2.09. The molecule has 3 rings (SSSR count). The van der Waals surface area contributed by atoms with E-state index in [0.29, 0.717) is 32.3 Å². The van der Waals surface area contributed by atoms with Crippen molar-refractivity contribution in [3.63, 3.8) is 0 Å². The Hall–Kier alpha value is -1.92. The van der Waals surface area contributed by atoms with Crippen molar-refractivity contribution in [3.05, 3.63) is 40.2 Å². The highest BCUT2D eigenvalue weighted by Gasteiger charge is 2.23. The largest absolute Gasteiger partial charge is 0.496 e. The molecule has 0 radical (unpaired) electrons. The summed E-state index contributed by atoms with van der Waals surface area (Å²) in [5, 5.41) is 4.57. The van der Waals surface area contributed by atoms with Gasteiger partial charge < -0.3 is 19.4 Å². The first-order chi connectivity index (χ1) is 10.1. The minimum Gasteiger partial charge on any atom is -0.496 e. The highest BCUT2D eigenvalue weighted by Crippen LogP contribution is 2.43. The zero-order valence-electron chi connectivity index (χ0n) is 10.9. The number of nitrogens with two attached hydrogens (primary N) is 1. The molecule has 2 aromatic heterocycles. The lowest BCUT2D eigenvalue weighted by molar-refractivity contribution is 0.416. The summed E-state index contributed by atoms with van der Waals surface area (Å²) in [6, 6.07) is 7.02. The average Bonchev–Trinajstić information content (AvgIpc) is 3.04. The van der Waals surface area contributed by atoms with Crippen molar-refractivity contribution in [2.24, 2.45) is 0 Å². The fourth-order valence-corrected chi connectivity index (χ4v) is 2.69. The third-order valence-corrected chi connectivity index (χ3v) is 3.87. The Morgan fingerprint density at radius 2 is 2.10 bits per heavy atom. The molecule has 0 aliphatic heterocycles.